The van der Waals surface area contributed by atoms with Crippen molar-refractivity contribution in [1.82, 2.24) is 0 Å². The normalized spacial score (nSPS) is 24.9. The number of aliphatic hydroxyl groups is 4. The molecule has 10 heteroatoms. The molecule has 192 valence electrons. The Bertz CT molecular complexity index is 1130. The number of fused-ring (bicyclic) bond motifs is 1. The zero-order valence-electron chi connectivity index (χ0n) is 19.9. The van der Waals surface area contributed by atoms with Crippen LogP contribution in [0.3, 0.4) is 0 Å². The molecular weight excluding hydrogens is 460 g/mol. The lowest BCUT2D eigenvalue weighted by molar-refractivity contribution is -0.277. The van der Waals surface area contributed by atoms with Crippen LogP contribution in [0.25, 0.3) is 11.0 Å². The van der Waals surface area contributed by atoms with Gasteiger partial charge in [-0.15, -0.1) is 0 Å². The van der Waals surface area contributed by atoms with Gasteiger partial charge in [0.2, 0.25) is 12.0 Å². The van der Waals surface area contributed by atoms with Gasteiger partial charge in [0, 0.05) is 6.07 Å². The summed E-state index contributed by atoms with van der Waals surface area (Å²) in [5, 5.41) is 49.9. The second kappa shape index (κ2) is 11.7. The summed E-state index contributed by atoms with van der Waals surface area (Å²) in [5.41, 5.74) is 1.40. The third-order valence-electron chi connectivity index (χ3n) is 5.66. The lowest BCUT2D eigenvalue weighted by Gasteiger charge is -2.39. The maximum absolute atomic E-state index is 12.2. The van der Waals surface area contributed by atoms with Gasteiger partial charge in [0.1, 0.15) is 42.4 Å². The molecule has 10 nitrogen and oxygen atoms in total. The average Bonchev–Trinajstić information content (AvgIpc) is 2.81. The van der Waals surface area contributed by atoms with E-state index in [1.54, 1.807) is 6.07 Å². The highest BCUT2D eigenvalue weighted by molar-refractivity contribution is 5.86. The van der Waals surface area contributed by atoms with Gasteiger partial charge < -0.3 is 44.2 Å². The molecule has 2 heterocycles. The van der Waals surface area contributed by atoms with E-state index in [1.165, 1.54) is 23.3 Å². The molecule has 1 aliphatic rings. The summed E-state index contributed by atoms with van der Waals surface area (Å²) in [5.74, 6) is -0.793. The number of hydrogen-bond acceptors (Lipinski definition) is 10. The number of aliphatic hydroxyl groups excluding tert-OH is 4. The van der Waals surface area contributed by atoms with Crippen LogP contribution in [0.2, 0.25) is 0 Å². The largest absolute Gasteiger partial charge is 0.499 e. The van der Waals surface area contributed by atoms with Crippen LogP contribution in [0.4, 0.5) is 0 Å². The number of hydrogen-bond donors (Lipinski definition) is 5. The van der Waals surface area contributed by atoms with Gasteiger partial charge >= 0.3 is 5.63 Å². The third-order valence-corrected chi connectivity index (χ3v) is 5.66. The minimum absolute atomic E-state index is 0.0501. The van der Waals surface area contributed by atoms with Crippen molar-refractivity contribution in [3.05, 3.63) is 51.9 Å². The highest BCUT2D eigenvalue weighted by atomic mass is 16.7. The van der Waals surface area contributed by atoms with E-state index in [0.717, 1.165) is 12.8 Å². The van der Waals surface area contributed by atoms with E-state index < -0.39 is 48.7 Å². The standard InChI is InChI=1S/C25H32O10/c1-13(2)5-4-6-14(3)9-10-32-15-7-8-16-17(11-15)33-24(31)22(30)23(16)35-25-21(29)20(28)19(27)18(12-26)34-25/h5,7-9,11,18-21,25-30H,4,6,10,12H2,1-3H3/b14-9+/t18-,19-,20+,21+,25-/m1/s1. The molecule has 0 amide bonds. The molecule has 0 saturated carbocycles. The fourth-order valence-corrected chi connectivity index (χ4v) is 3.60. The fourth-order valence-electron chi connectivity index (χ4n) is 3.60. The summed E-state index contributed by atoms with van der Waals surface area (Å²) in [6, 6.07) is 4.55. The Labute approximate surface area is 202 Å². The quantitative estimate of drug-likeness (QED) is 0.258. The number of ether oxygens (including phenoxy) is 3. The number of rotatable bonds is 9. The summed E-state index contributed by atoms with van der Waals surface area (Å²) in [4.78, 5) is 12.2. The first-order valence-electron chi connectivity index (χ1n) is 11.3. The first-order valence-corrected chi connectivity index (χ1v) is 11.3. The molecule has 1 saturated heterocycles. The van der Waals surface area contributed by atoms with Crippen LogP contribution in [0.1, 0.15) is 33.6 Å². The Balaban J connectivity index is 1.79. The summed E-state index contributed by atoms with van der Waals surface area (Å²) >= 11 is 0. The van der Waals surface area contributed by atoms with Crippen LogP contribution >= 0.6 is 0 Å². The lowest BCUT2D eigenvalue weighted by Crippen LogP contribution is -2.60. The fraction of sp³-hybridized carbons (Fsp3) is 0.480. The van der Waals surface area contributed by atoms with Crippen LogP contribution < -0.4 is 15.1 Å². The zero-order valence-corrected chi connectivity index (χ0v) is 19.9. The monoisotopic (exact) mass is 492 g/mol. The highest BCUT2D eigenvalue weighted by Crippen LogP contribution is 2.36. The second-order valence-corrected chi connectivity index (χ2v) is 8.72. The van der Waals surface area contributed by atoms with Gasteiger partial charge in [-0.05, 0) is 51.8 Å². The highest BCUT2D eigenvalue weighted by Gasteiger charge is 2.45. The van der Waals surface area contributed by atoms with Crippen LogP contribution in [-0.4, -0.2) is 69.5 Å². The smallest absolute Gasteiger partial charge is 0.382 e. The minimum atomic E-state index is -1.72. The summed E-state index contributed by atoms with van der Waals surface area (Å²) in [6.45, 7) is 5.79. The Morgan fingerprint density at radius 1 is 1.09 bits per heavy atom. The number of aromatic hydroxyl groups is 1. The zero-order chi connectivity index (χ0) is 25.7. The maximum atomic E-state index is 12.2. The molecule has 0 aliphatic carbocycles. The molecule has 3 rings (SSSR count). The second-order valence-electron chi connectivity index (χ2n) is 8.72. The van der Waals surface area contributed by atoms with Crippen molar-refractivity contribution >= 4 is 11.0 Å². The minimum Gasteiger partial charge on any atom is -0.499 e. The van der Waals surface area contributed by atoms with Crippen LogP contribution in [-0.2, 0) is 4.74 Å². The summed E-state index contributed by atoms with van der Waals surface area (Å²) < 4.78 is 21.7. The van der Waals surface area contributed by atoms with Crippen molar-refractivity contribution in [3.63, 3.8) is 0 Å². The van der Waals surface area contributed by atoms with E-state index in [1.807, 2.05) is 13.0 Å². The predicted molar refractivity (Wildman–Crippen MR) is 126 cm³/mol. The molecule has 1 aromatic carbocycles. The van der Waals surface area contributed by atoms with Crippen LogP contribution in [0.5, 0.6) is 17.2 Å². The summed E-state index contributed by atoms with van der Waals surface area (Å²) in [7, 11) is 0. The van der Waals surface area contributed by atoms with E-state index in [4.69, 9.17) is 18.6 Å². The number of allylic oxidation sites excluding steroid dienone is 3. The van der Waals surface area contributed by atoms with Gasteiger partial charge in [0.15, 0.2) is 5.75 Å². The SMILES string of the molecule is CC(C)=CCC/C(C)=C/COc1ccc2c(O[C@H]3O[C@H](CO)[C@@H](O)[C@H](O)[C@@H]3O)c(O)c(=O)oc2c1. The molecule has 0 unspecified atom stereocenters. The van der Waals surface area contributed by atoms with Gasteiger partial charge in [-0.2, -0.15) is 0 Å². The first-order chi connectivity index (χ1) is 16.6. The average molecular weight is 493 g/mol. The third kappa shape index (κ3) is 6.41. The molecule has 2 aromatic rings. The van der Waals surface area contributed by atoms with E-state index >= 15 is 0 Å². The number of benzene rings is 1. The topological polar surface area (TPSA) is 159 Å². The molecule has 35 heavy (non-hydrogen) atoms. The van der Waals surface area contributed by atoms with Crippen molar-refractivity contribution in [2.75, 3.05) is 13.2 Å². The van der Waals surface area contributed by atoms with Crippen molar-refractivity contribution in [2.24, 2.45) is 0 Å². The van der Waals surface area contributed by atoms with E-state index in [-0.39, 0.29) is 16.7 Å². The van der Waals surface area contributed by atoms with Gasteiger partial charge in [-0.25, -0.2) is 4.79 Å². The molecule has 5 atom stereocenters. The Kier molecular flexibility index (Phi) is 8.92. The van der Waals surface area contributed by atoms with Crippen molar-refractivity contribution in [2.45, 2.75) is 64.3 Å². The Hall–Kier alpha value is -2.89. The molecule has 0 bridgehead atoms. The van der Waals surface area contributed by atoms with E-state index in [2.05, 4.69) is 19.9 Å². The first kappa shape index (κ1) is 26.7. The molecular formula is C25H32O10. The molecule has 0 spiro atoms. The molecule has 5 N–H and O–H groups in total. The van der Waals surface area contributed by atoms with Gasteiger partial charge in [-0.3, -0.25) is 0 Å². The Morgan fingerprint density at radius 3 is 2.51 bits per heavy atom. The lowest BCUT2D eigenvalue weighted by atomic mass is 9.99. The molecule has 1 aliphatic heterocycles. The van der Waals surface area contributed by atoms with Crippen LogP contribution in [0.15, 0.2) is 50.7 Å². The van der Waals surface area contributed by atoms with Gasteiger partial charge in [-0.1, -0.05) is 17.2 Å². The van der Waals surface area contributed by atoms with E-state index in [9.17, 15) is 30.3 Å². The van der Waals surface area contributed by atoms with Crippen molar-refractivity contribution in [3.8, 4) is 17.2 Å². The molecule has 1 fully saturated rings. The van der Waals surface area contributed by atoms with E-state index in [0.29, 0.717) is 12.4 Å². The Morgan fingerprint density at radius 2 is 1.83 bits per heavy atom. The van der Waals surface area contributed by atoms with Gasteiger partial charge in [0.25, 0.3) is 0 Å². The predicted octanol–water partition coefficient (Wildman–Crippen LogP) is 1.75. The summed E-state index contributed by atoms with van der Waals surface area (Å²) in [6.07, 6.45) is -1.78. The van der Waals surface area contributed by atoms with Gasteiger partial charge in [0.05, 0.1) is 12.0 Å². The molecule has 0 radical (unpaired) electrons. The van der Waals surface area contributed by atoms with Crippen molar-refractivity contribution in [1.29, 1.82) is 0 Å². The van der Waals surface area contributed by atoms with Crippen LogP contribution in [0, 0.1) is 0 Å². The van der Waals surface area contributed by atoms with Crippen molar-refractivity contribution < 1.29 is 44.2 Å². The maximum Gasteiger partial charge on any atom is 0.382 e. The molecule has 1 aromatic heterocycles.